The van der Waals surface area contributed by atoms with E-state index in [1.165, 1.54) is 0 Å². The van der Waals surface area contributed by atoms with Gasteiger partial charge < -0.3 is 11.1 Å². The minimum atomic E-state index is -1.69. The molecule has 0 radical (unpaired) electrons. The van der Waals surface area contributed by atoms with Crippen LogP contribution in [0, 0.1) is 17.5 Å². The first-order chi connectivity index (χ1) is 8.73. The number of amides is 1. The Bertz CT molecular complexity index is 536. The number of nitrogens with one attached hydrogen (secondary N) is 1. The van der Waals surface area contributed by atoms with Gasteiger partial charge in [0.1, 0.15) is 0 Å². The molecule has 7 heteroatoms. The first-order valence-corrected chi connectivity index (χ1v) is 5.89. The molecule has 0 bridgehead atoms. The van der Waals surface area contributed by atoms with Crippen LogP contribution in [0.3, 0.4) is 0 Å². The molecule has 0 saturated heterocycles. The van der Waals surface area contributed by atoms with Crippen LogP contribution in [-0.2, 0) is 0 Å². The van der Waals surface area contributed by atoms with Gasteiger partial charge in [-0.15, -0.1) is 0 Å². The lowest BCUT2D eigenvalue weighted by Gasteiger charge is -2.28. The Morgan fingerprint density at radius 1 is 1.37 bits per heavy atom. The summed E-state index contributed by atoms with van der Waals surface area (Å²) in [5.74, 6) is -5.50. The highest BCUT2D eigenvalue weighted by Crippen LogP contribution is 2.17. The van der Waals surface area contributed by atoms with Crippen molar-refractivity contribution in [2.24, 2.45) is 5.73 Å². The predicted molar refractivity (Wildman–Crippen MR) is 69.3 cm³/mol. The van der Waals surface area contributed by atoms with Crippen molar-refractivity contribution in [1.82, 2.24) is 5.32 Å². The van der Waals surface area contributed by atoms with Gasteiger partial charge in [-0.25, -0.2) is 13.2 Å². The fourth-order valence-electron chi connectivity index (χ4n) is 1.34. The van der Waals surface area contributed by atoms with Crippen LogP contribution in [0.4, 0.5) is 13.2 Å². The molecule has 3 nitrogen and oxygen atoms in total. The van der Waals surface area contributed by atoms with E-state index in [9.17, 15) is 18.0 Å². The highest BCUT2D eigenvalue weighted by atomic mass is 32.1. The number of rotatable bonds is 4. The third-order valence-corrected chi connectivity index (χ3v) is 3.37. The summed E-state index contributed by atoms with van der Waals surface area (Å²) in [4.78, 5) is 11.9. The van der Waals surface area contributed by atoms with Crippen LogP contribution < -0.4 is 11.1 Å². The second-order valence-electron chi connectivity index (χ2n) is 4.23. The van der Waals surface area contributed by atoms with Gasteiger partial charge in [-0.2, -0.15) is 0 Å². The van der Waals surface area contributed by atoms with E-state index >= 15 is 0 Å². The Hall–Kier alpha value is -1.63. The Kier molecular flexibility index (Phi) is 4.52. The molecule has 3 N–H and O–H groups in total. The fraction of sp³-hybridized carbons (Fsp3) is 0.333. The van der Waals surface area contributed by atoms with E-state index in [4.69, 9.17) is 18.0 Å². The summed E-state index contributed by atoms with van der Waals surface area (Å²) in [5.41, 5.74) is 3.86. The third-order valence-electron chi connectivity index (χ3n) is 2.92. The zero-order chi connectivity index (χ0) is 14.8. The van der Waals surface area contributed by atoms with E-state index in [1.54, 1.807) is 13.8 Å². The molecule has 0 aliphatic heterocycles. The molecule has 1 amide bonds. The largest absolute Gasteiger partial charge is 0.391 e. The highest BCUT2D eigenvalue weighted by Gasteiger charge is 2.29. The summed E-state index contributed by atoms with van der Waals surface area (Å²) < 4.78 is 39.3. The molecule has 1 aromatic carbocycles. The van der Waals surface area contributed by atoms with E-state index in [0.717, 1.165) is 6.07 Å². The van der Waals surface area contributed by atoms with Crippen LogP contribution >= 0.6 is 12.2 Å². The van der Waals surface area contributed by atoms with Crippen molar-refractivity contribution < 1.29 is 18.0 Å². The van der Waals surface area contributed by atoms with E-state index < -0.39 is 34.5 Å². The van der Waals surface area contributed by atoms with E-state index in [1.807, 2.05) is 0 Å². The topological polar surface area (TPSA) is 55.1 Å². The molecule has 0 fully saturated rings. The Balaban J connectivity index is 3.09. The molecule has 1 aromatic rings. The van der Waals surface area contributed by atoms with Crippen molar-refractivity contribution in [1.29, 1.82) is 0 Å². The monoisotopic (exact) mass is 290 g/mol. The number of halogens is 3. The summed E-state index contributed by atoms with van der Waals surface area (Å²) in [6.07, 6.45) is 0.374. The van der Waals surface area contributed by atoms with Crippen molar-refractivity contribution in [3.63, 3.8) is 0 Å². The van der Waals surface area contributed by atoms with Gasteiger partial charge in [0.2, 0.25) is 0 Å². The second kappa shape index (κ2) is 5.56. The van der Waals surface area contributed by atoms with Crippen LogP contribution in [0.25, 0.3) is 0 Å². The van der Waals surface area contributed by atoms with Gasteiger partial charge >= 0.3 is 0 Å². The maximum absolute atomic E-state index is 13.5. The quantitative estimate of drug-likeness (QED) is 0.661. The van der Waals surface area contributed by atoms with Crippen LogP contribution in [0.5, 0.6) is 0 Å². The Morgan fingerprint density at radius 3 is 2.42 bits per heavy atom. The van der Waals surface area contributed by atoms with Crippen LogP contribution in [-0.4, -0.2) is 16.4 Å². The summed E-state index contributed by atoms with van der Waals surface area (Å²) in [5, 5.41) is 2.41. The molecule has 0 saturated carbocycles. The van der Waals surface area contributed by atoms with Gasteiger partial charge in [-0.1, -0.05) is 19.1 Å². The maximum Gasteiger partial charge on any atom is 0.255 e. The average Bonchev–Trinajstić information content (AvgIpc) is 2.35. The molecule has 1 atom stereocenters. The molecule has 0 aliphatic rings. The summed E-state index contributed by atoms with van der Waals surface area (Å²) in [6.45, 7) is 3.28. The van der Waals surface area contributed by atoms with Crippen LogP contribution in [0.1, 0.15) is 30.6 Å². The lowest BCUT2D eigenvalue weighted by molar-refractivity contribution is 0.0921. The average molecular weight is 290 g/mol. The number of thiocarbonyl (C=S) groups is 1. The number of nitrogens with two attached hydrogens (primary N) is 1. The van der Waals surface area contributed by atoms with Gasteiger partial charge in [0.05, 0.1) is 16.1 Å². The predicted octanol–water partition coefficient (Wildman–Crippen LogP) is 2.29. The molecule has 1 unspecified atom stereocenters. The zero-order valence-corrected chi connectivity index (χ0v) is 11.2. The SMILES string of the molecule is CCC(C)(NC(=O)c1ccc(F)c(F)c1F)C(N)=S. The molecular weight excluding hydrogens is 277 g/mol. The summed E-state index contributed by atoms with van der Waals surface area (Å²) >= 11 is 4.81. The molecular formula is C12H13F3N2OS. The molecule has 19 heavy (non-hydrogen) atoms. The van der Waals surface area contributed by atoms with Crippen molar-refractivity contribution in [3.05, 3.63) is 35.1 Å². The number of carbonyl (C=O) groups is 1. The first kappa shape index (κ1) is 15.4. The number of hydrogen-bond acceptors (Lipinski definition) is 2. The molecule has 0 aliphatic carbocycles. The maximum atomic E-state index is 13.5. The molecule has 0 heterocycles. The minimum Gasteiger partial charge on any atom is -0.391 e. The van der Waals surface area contributed by atoms with E-state index in [0.29, 0.717) is 12.5 Å². The van der Waals surface area contributed by atoms with Gasteiger partial charge in [0, 0.05) is 0 Å². The van der Waals surface area contributed by atoms with Gasteiger partial charge in [-0.3, -0.25) is 4.79 Å². The van der Waals surface area contributed by atoms with Crippen molar-refractivity contribution in [2.75, 3.05) is 0 Å². The standard InChI is InChI=1S/C12H13F3N2OS/c1-3-12(2,11(16)19)17-10(18)6-4-5-7(13)9(15)8(6)14/h4-5H,3H2,1-2H3,(H2,16,19)(H,17,18). The third kappa shape index (κ3) is 3.04. The second-order valence-corrected chi connectivity index (χ2v) is 4.67. The number of carbonyl (C=O) groups excluding carboxylic acids is 1. The summed E-state index contributed by atoms with van der Waals surface area (Å²) in [7, 11) is 0. The Labute approximate surface area is 114 Å². The highest BCUT2D eigenvalue weighted by molar-refractivity contribution is 7.80. The van der Waals surface area contributed by atoms with E-state index in [2.05, 4.69) is 5.32 Å². The molecule has 104 valence electrons. The van der Waals surface area contributed by atoms with Crippen LogP contribution in [0.2, 0.25) is 0 Å². The fourth-order valence-corrected chi connectivity index (χ4v) is 1.54. The first-order valence-electron chi connectivity index (χ1n) is 5.49. The van der Waals surface area contributed by atoms with Gasteiger partial charge in [0.25, 0.3) is 5.91 Å². The van der Waals surface area contributed by atoms with Crippen molar-refractivity contribution in [2.45, 2.75) is 25.8 Å². The number of hydrogen-bond donors (Lipinski definition) is 2. The van der Waals surface area contributed by atoms with Gasteiger partial charge in [-0.05, 0) is 25.5 Å². The lowest BCUT2D eigenvalue weighted by Crippen LogP contribution is -2.54. The van der Waals surface area contributed by atoms with E-state index in [-0.39, 0.29) is 4.99 Å². The molecule has 1 rings (SSSR count). The van der Waals surface area contributed by atoms with Crippen LogP contribution in [0.15, 0.2) is 12.1 Å². The van der Waals surface area contributed by atoms with Crippen molar-refractivity contribution in [3.8, 4) is 0 Å². The molecule has 0 spiro atoms. The smallest absolute Gasteiger partial charge is 0.255 e. The normalized spacial score (nSPS) is 13.7. The summed E-state index contributed by atoms with van der Waals surface area (Å²) in [6, 6.07) is 1.54. The zero-order valence-electron chi connectivity index (χ0n) is 10.4. The number of benzene rings is 1. The van der Waals surface area contributed by atoms with Crippen molar-refractivity contribution >= 4 is 23.1 Å². The van der Waals surface area contributed by atoms with Gasteiger partial charge in [0.15, 0.2) is 17.5 Å². The Morgan fingerprint density at radius 2 is 1.95 bits per heavy atom. The minimum absolute atomic E-state index is 0.0198. The lowest BCUT2D eigenvalue weighted by atomic mass is 9.98. The molecule has 0 aromatic heterocycles.